The monoisotopic (exact) mass is 383 g/mol. The standard InChI is InChI=1S/C20H22FN5O2/c1-25-10-9-23-20(25)16-12-22-8-11-26(16)19(27)7-6-18-24-13-17(28-18)14-4-2-3-5-15(14)21/h2-5,9-10,13,16,22H,6-8,11-12H2,1H3. The topological polar surface area (TPSA) is 76.2 Å². The summed E-state index contributed by atoms with van der Waals surface area (Å²) in [6.45, 7) is 2.05. The minimum atomic E-state index is -0.361. The fraction of sp³-hybridized carbons (Fsp3) is 0.350. The Hall–Kier alpha value is -3.00. The van der Waals surface area contributed by atoms with Crippen LogP contribution in [0.15, 0.2) is 47.3 Å². The highest BCUT2D eigenvalue weighted by atomic mass is 19.1. The van der Waals surface area contributed by atoms with E-state index in [1.165, 1.54) is 12.3 Å². The van der Waals surface area contributed by atoms with E-state index < -0.39 is 0 Å². The molecular formula is C20H22FN5O2. The van der Waals surface area contributed by atoms with Crippen molar-refractivity contribution in [3.8, 4) is 11.3 Å². The number of nitrogens with zero attached hydrogens (tertiary/aromatic N) is 4. The Morgan fingerprint density at radius 1 is 1.36 bits per heavy atom. The molecule has 1 amide bonds. The molecule has 0 saturated carbocycles. The largest absolute Gasteiger partial charge is 0.441 e. The summed E-state index contributed by atoms with van der Waals surface area (Å²) in [4.78, 5) is 23.3. The Balaban J connectivity index is 1.43. The smallest absolute Gasteiger partial charge is 0.223 e. The van der Waals surface area contributed by atoms with Gasteiger partial charge in [-0.05, 0) is 12.1 Å². The molecule has 0 bridgehead atoms. The second kappa shape index (κ2) is 7.93. The summed E-state index contributed by atoms with van der Waals surface area (Å²) in [6, 6.07) is 6.29. The van der Waals surface area contributed by atoms with Crippen LogP contribution in [-0.4, -0.2) is 45.0 Å². The van der Waals surface area contributed by atoms with Crippen LogP contribution in [0, 0.1) is 5.82 Å². The molecule has 1 atom stereocenters. The maximum absolute atomic E-state index is 13.9. The third-order valence-corrected chi connectivity index (χ3v) is 4.97. The van der Waals surface area contributed by atoms with Gasteiger partial charge in [-0.3, -0.25) is 4.79 Å². The first-order chi connectivity index (χ1) is 13.6. The van der Waals surface area contributed by atoms with E-state index in [0.29, 0.717) is 36.7 Å². The normalized spacial score (nSPS) is 17.1. The third kappa shape index (κ3) is 3.68. The number of carbonyl (C=O) groups excluding carboxylic acids is 1. The van der Waals surface area contributed by atoms with Crippen LogP contribution in [-0.2, 0) is 18.3 Å². The Bertz CT molecular complexity index is 967. The number of hydrogen-bond donors (Lipinski definition) is 1. The summed E-state index contributed by atoms with van der Waals surface area (Å²) >= 11 is 0. The van der Waals surface area contributed by atoms with Crippen molar-refractivity contribution in [1.29, 1.82) is 0 Å². The number of piperazine rings is 1. The van der Waals surface area contributed by atoms with Crippen molar-refractivity contribution in [2.45, 2.75) is 18.9 Å². The van der Waals surface area contributed by atoms with Crippen LogP contribution in [0.3, 0.4) is 0 Å². The molecular weight excluding hydrogens is 361 g/mol. The van der Waals surface area contributed by atoms with Crippen molar-refractivity contribution in [2.75, 3.05) is 19.6 Å². The van der Waals surface area contributed by atoms with Crippen LogP contribution in [0.1, 0.15) is 24.2 Å². The zero-order valence-corrected chi connectivity index (χ0v) is 15.6. The minimum absolute atomic E-state index is 0.0279. The number of carbonyl (C=O) groups is 1. The molecule has 0 radical (unpaired) electrons. The van der Waals surface area contributed by atoms with Crippen LogP contribution < -0.4 is 5.32 Å². The van der Waals surface area contributed by atoms with Gasteiger partial charge in [-0.15, -0.1) is 0 Å². The Kier molecular flexibility index (Phi) is 5.21. The van der Waals surface area contributed by atoms with Crippen LogP contribution >= 0.6 is 0 Å². The first-order valence-corrected chi connectivity index (χ1v) is 9.30. The molecule has 1 aliphatic rings. The molecule has 1 aromatic carbocycles. The van der Waals surface area contributed by atoms with E-state index in [9.17, 15) is 9.18 Å². The molecule has 4 rings (SSSR count). The Morgan fingerprint density at radius 3 is 3.00 bits per heavy atom. The average Bonchev–Trinajstić information content (AvgIpc) is 3.35. The van der Waals surface area contributed by atoms with Gasteiger partial charge < -0.3 is 19.2 Å². The summed E-state index contributed by atoms with van der Waals surface area (Å²) < 4.78 is 21.5. The third-order valence-electron chi connectivity index (χ3n) is 4.97. The number of halogens is 1. The van der Waals surface area contributed by atoms with Crippen molar-refractivity contribution in [3.63, 3.8) is 0 Å². The SMILES string of the molecule is Cn1ccnc1C1CNCCN1C(=O)CCc1ncc(-c2ccccc2F)o1. The first kappa shape index (κ1) is 18.4. The second-order valence-corrected chi connectivity index (χ2v) is 6.80. The van der Waals surface area contributed by atoms with E-state index in [1.807, 2.05) is 22.7 Å². The quantitative estimate of drug-likeness (QED) is 0.732. The molecule has 146 valence electrons. The highest BCUT2D eigenvalue weighted by molar-refractivity contribution is 5.77. The lowest BCUT2D eigenvalue weighted by Crippen LogP contribution is -2.49. The van der Waals surface area contributed by atoms with Crippen molar-refractivity contribution in [1.82, 2.24) is 24.8 Å². The van der Waals surface area contributed by atoms with Gasteiger partial charge >= 0.3 is 0 Å². The van der Waals surface area contributed by atoms with E-state index in [0.717, 1.165) is 12.4 Å². The van der Waals surface area contributed by atoms with E-state index in [4.69, 9.17) is 4.42 Å². The van der Waals surface area contributed by atoms with Crippen LogP contribution in [0.4, 0.5) is 4.39 Å². The van der Waals surface area contributed by atoms with Crippen molar-refractivity contribution < 1.29 is 13.6 Å². The average molecular weight is 383 g/mol. The summed E-state index contributed by atoms with van der Waals surface area (Å²) in [7, 11) is 1.93. The van der Waals surface area contributed by atoms with Crippen molar-refractivity contribution in [3.05, 3.63) is 60.4 Å². The molecule has 0 spiro atoms. The molecule has 7 nitrogen and oxygen atoms in total. The number of amides is 1. The lowest BCUT2D eigenvalue weighted by Gasteiger charge is -2.35. The van der Waals surface area contributed by atoms with E-state index in [1.54, 1.807) is 24.4 Å². The molecule has 3 aromatic rings. The first-order valence-electron chi connectivity index (χ1n) is 9.30. The lowest BCUT2D eigenvalue weighted by molar-refractivity contribution is -0.134. The Labute approximate surface area is 162 Å². The predicted molar refractivity (Wildman–Crippen MR) is 101 cm³/mol. The molecule has 3 heterocycles. The molecule has 1 saturated heterocycles. The lowest BCUT2D eigenvalue weighted by atomic mass is 10.1. The summed E-state index contributed by atoms with van der Waals surface area (Å²) in [5.74, 6) is 1.32. The zero-order valence-electron chi connectivity index (χ0n) is 15.6. The molecule has 0 aliphatic carbocycles. The number of imidazole rings is 1. The predicted octanol–water partition coefficient (Wildman–Crippen LogP) is 2.32. The van der Waals surface area contributed by atoms with Crippen molar-refractivity contribution >= 4 is 5.91 Å². The fourth-order valence-corrected chi connectivity index (χ4v) is 3.50. The number of benzene rings is 1. The molecule has 1 aliphatic heterocycles. The molecule has 1 N–H and O–H groups in total. The molecule has 2 aromatic heterocycles. The van der Waals surface area contributed by atoms with Crippen LogP contribution in [0.25, 0.3) is 11.3 Å². The minimum Gasteiger partial charge on any atom is -0.441 e. The van der Waals surface area contributed by atoms with Gasteiger partial charge in [0.05, 0.1) is 11.8 Å². The van der Waals surface area contributed by atoms with Gasteiger partial charge in [0.25, 0.3) is 0 Å². The zero-order chi connectivity index (χ0) is 19.5. The summed E-state index contributed by atoms with van der Waals surface area (Å²) in [5.41, 5.74) is 0.365. The highest BCUT2D eigenvalue weighted by Crippen LogP contribution is 2.25. The number of hydrogen-bond acceptors (Lipinski definition) is 5. The van der Waals surface area contributed by atoms with E-state index in [-0.39, 0.29) is 24.2 Å². The van der Waals surface area contributed by atoms with Crippen LogP contribution in [0.5, 0.6) is 0 Å². The van der Waals surface area contributed by atoms with Gasteiger partial charge in [0.2, 0.25) is 5.91 Å². The number of oxazole rings is 1. The van der Waals surface area contributed by atoms with Gasteiger partial charge in [0.1, 0.15) is 17.7 Å². The van der Waals surface area contributed by atoms with Gasteiger partial charge in [-0.2, -0.15) is 0 Å². The summed E-state index contributed by atoms with van der Waals surface area (Å²) in [5, 5.41) is 3.32. The molecule has 1 unspecified atom stereocenters. The van der Waals surface area contributed by atoms with E-state index in [2.05, 4.69) is 15.3 Å². The van der Waals surface area contributed by atoms with Gasteiger partial charge in [-0.25, -0.2) is 14.4 Å². The maximum atomic E-state index is 13.9. The molecule has 8 heteroatoms. The second-order valence-electron chi connectivity index (χ2n) is 6.80. The van der Waals surface area contributed by atoms with Gasteiger partial charge in [0, 0.05) is 51.9 Å². The van der Waals surface area contributed by atoms with Gasteiger partial charge in [-0.1, -0.05) is 12.1 Å². The maximum Gasteiger partial charge on any atom is 0.223 e. The summed E-state index contributed by atoms with van der Waals surface area (Å²) in [6.07, 6.45) is 5.76. The Morgan fingerprint density at radius 2 is 2.21 bits per heavy atom. The number of rotatable bonds is 5. The van der Waals surface area contributed by atoms with Gasteiger partial charge in [0.15, 0.2) is 11.7 Å². The number of aromatic nitrogens is 3. The van der Waals surface area contributed by atoms with Crippen molar-refractivity contribution in [2.24, 2.45) is 7.05 Å². The van der Waals surface area contributed by atoms with E-state index >= 15 is 0 Å². The molecule has 28 heavy (non-hydrogen) atoms. The number of aryl methyl sites for hydroxylation is 2. The highest BCUT2D eigenvalue weighted by Gasteiger charge is 2.30. The fourth-order valence-electron chi connectivity index (χ4n) is 3.50. The molecule has 1 fully saturated rings. The van der Waals surface area contributed by atoms with Crippen LogP contribution in [0.2, 0.25) is 0 Å². The number of nitrogens with one attached hydrogen (secondary N) is 1.